The maximum Gasteiger partial charge on any atom is 0.243 e. The van der Waals surface area contributed by atoms with E-state index in [0.29, 0.717) is 24.7 Å². The number of hydrogen-bond acceptors (Lipinski definition) is 4. The molecule has 1 fully saturated rings. The van der Waals surface area contributed by atoms with Crippen molar-refractivity contribution in [3.05, 3.63) is 28.8 Å². The summed E-state index contributed by atoms with van der Waals surface area (Å²) in [5.74, 6) is 0. The van der Waals surface area contributed by atoms with Gasteiger partial charge in [-0.15, -0.1) is 0 Å². The Morgan fingerprint density at radius 1 is 1.43 bits per heavy atom. The molecule has 5 nitrogen and oxygen atoms in total. The number of benzene rings is 1. The second-order valence-electron chi connectivity index (χ2n) is 5.55. The fraction of sp³-hybridized carbons (Fsp3) is 0.571. The topological polar surface area (TPSA) is 52.7 Å². The van der Waals surface area contributed by atoms with Crippen LogP contribution in [0.4, 0.5) is 0 Å². The first-order chi connectivity index (χ1) is 9.86. The molecule has 0 spiro atoms. The monoisotopic (exact) mass is 331 g/mol. The third-order valence-electron chi connectivity index (χ3n) is 3.89. The van der Waals surface area contributed by atoms with E-state index in [2.05, 4.69) is 10.2 Å². The average molecular weight is 332 g/mol. The Hall–Kier alpha value is -0.660. The van der Waals surface area contributed by atoms with Crippen LogP contribution in [0.3, 0.4) is 0 Å². The first kappa shape index (κ1) is 16.7. The van der Waals surface area contributed by atoms with Crippen molar-refractivity contribution in [2.75, 3.05) is 34.2 Å². The third kappa shape index (κ3) is 3.57. The third-order valence-corrected chi connectivity index (χ3v) is 6.10. The van der Waals surface area contributed by atoms with Gasteiger partial charge in [-0.2, -0.15) is 4.31 Å². The van der Waals surface area contributed by atoms with E-state index in [1.807, 2.05) is 21.1 Å². The van der Waals surface area contributed by atoms with Crippen molar-refractivity contribution < 1.29 is 8.42 Å². The second kappa shape index (κ2) is 6.62. The van der Waals surface area contributed by atoms with Gasteiger partial charge in [-0.3, -0.25) is 0 Å². The molecule has 1 atom stereocenters. The molecule has 0 saturated carbocycles. The molecule has 1 N–H and O–H groups in total. The van der Waals surface area contributed by atoms with Crippen molar-refractivity contribution in [2.45, 2.75) is 23.9 Å². The highest BCUT2D eigenvalue weighted by Crippen LogP contribution is 2.26. The summed E-state index contributed by atoms with van der Waals surface area (Å²) in [4.78, 5) is 2.34. The predicted molar refractivity (Wildman–Crippen MR) is 85.1 cm³/mol. The molecule has 7 heteroatoms. The number of rotatable bonds is 5. The molecule has 1 aliphatic rings. The van der Waals surface area contributed by atoms with Gasteiger partial charge in [0.1, 0.15) is 0 Å². The molecule has 1 aliphatic heterocycles. The Bertz CT molecular complexity index is 604. The standard InChI is InChI=1S/C14H22ClN3O2S/c1-16-9-11-4-5-13(8-14(11)15)21(19,20)18-7-6-12(10-18)17(2)3/h4-5,8,12,16H,6-7,9-10H2,1-3H3. The van der Waals surface area contributed by atoms with E-state index in [4.69, 9.17) is 11.6 Å². The maximum atomic E-state index is 12.7. The minimum absolute atomic E-state index is 0.270. The second-order valence-corrected chi connectivity index (χ2v) is 7.90. The molecule has 1 unspecified atom stereocenters. The van der Waals surface area contributed by atoms with Crippen LogP contribution in [0.1, 0.15) is 12.0 Å². The average Bonchev–Trinajstić information content (AvgIpc) is 2.91. The number of nitrogens with one attached hydrogen (secondary N) is 1. The number of nitrogens with zero attached hydrogens (tertiary/aromatic N) is 2. The van der Waals surface area contributed by atoms with E-state index < -0.39 is 10.0 Å². The van der Waals surface area contributed by atoms with Crippen LogP contribution in [0.15, 0.2) is 23.1 Å². The fourth-order valence-electron chi connectivity index (χ4n) is 2.52. The largest absolute Gasteiger partial charge is 0.316 e. The van der Waals surface area contributed by atoms with Crippen LogP contribution < -0.4 is 5.32 Å². The molecule has 1 saturated heterocycles. The zero-order chi connectivity index (χ0) is 15.6. The zero-order valence-electron chi connectivity index (χ0n) is 12.6. The van der Waals surface area contributed by atoms with Crippen LogP contribution in [0.2, 0.25) is 5.02 Å². The first-order valence-corrected chi connectivity index (χ1v) is 8.77. The highest BCUT2D eigenvalue weighted by Gasteiger charge is 2.33. The normalized spacial score (nSPS) is 20.3. The number of hydrogen-bond donors (Lipinski definition) is 1. The summed E-state index contributed by atoms with van der Waals surface area (Å²) in [6.45, 7) is 1.71. The van der Waals surface area contributed by atoms with Crippen LogP contribution in [0.25, 0.3) is 0 Å². The molecule has 2 rings (SSSR count). The lowest BCUT2D eigenvalue weighted by molar-refractivity contribution is 0.302. The van der Waals surface area contributed by atoms with Crippen LogP contribution in [0, 0.1) is 0 Å². The summed E-state index contributed by atoms with van der Waals surface area (Å²) in [5, 5.41) is 3.49. The SMILES string of the molecule is CNCc1ccc(S(=O)(=O)N2CCC(N(C)C)C2)cc1Cl. The number of halogens is 1. The van der Waals surface area contributed by atoms with Gasteiger partial charge in [-0.1, -0.05) is 17.7 Å². The van der Waals surface area contributed by atoms with Gasteiger partial charge < -0.3 is 10.2 Å². The summed E-state index contributed by atoms with van der Waals surface area (Å²) >= 11 is 6.17. The minimum atomic E-state index is -3.46. The van der Waals surface area contributed by atoms with Gasteiger partial charge in [0, 0.05) is 30.7 Å². The smallest absolute Gasteiger partial charge is 0.243 e. The molecule has 0 radical (unpaired) electrons. The number of likely N-dealkylation sites (N-methyl/N-ethyl adjacent to an activating group) is 1. The van der Waals surface area contributed by atoms with E-state index in [0.717, 1.165) is 12.0 Å². The fourth-order valence-corrected chi connectivity index (χ4v) is 4.35. The van der Waals surface area contributed by atoms with Gasteiger partial charge in [-0.25, -0.2) is 8.42 Å². The summed E-state index contributed by atoms with van der Waals surface area (Å²) in [7, 11) is 2.32. The first-order valence-electron chi connectivity index (χ1n) is 6.96. The summed E-state index contributed by atoms with van der Waals surface area (Å²) in [6.07, 6.45) is 0.859. The van der Waals surface area contributed by atoms with Crippen molar-refractivity contribution in [3.63, 3.8) is 0 Å². The molecule has 1 aromatic carbocycles. The molecule has 0 amide bonds. The molecular weight excluding hydrogens is 310 g/mol. The van der Waals surface area contributed by atoms with Gasteiger partial charge >= 0.3 is 0 Å². The van der Waals surface area contributed by atoms with E-state index in [9.17, 15) is 8.42 Å². The number of sulfonamides is 1. The molecule has 1 aromatic rings. The van der Waals surface area contributed by atoms with Crippen LogP contribution in [0.5, 0.6) is 0 Å². The molecule has 118 valence electrons. The van der Waals surface area contributed by atoms with Gasteiger partial charge in [0.25, 0.3) is 0 Å². The zero-order valence-corrected chi connectivity index (χ0v) is 14.2. The minimum Gasteiger partial charge on any atom is -0.316 e. The van der Waals surface area contributed by atoms with Crippen molar-refractivity contribution in [2.24, 2.45) is 0 Å². The lowest BCUT2D eigenvalue weighted by Gasteiger charge is -2.20. The quantitative estimate of drug-likeness (QED) is 0.885. The van der Waals surface area contributed by atoms with Gasteiger partial charge in [0.05, 0.1) is 4.90 Å². The van der Waals surface area contributed by atoms with Gasteiger partial charge in [0.2, 0.25) is 10.0 Å². The van der Waals surface area contributed by atoms with Crippen LogP contribution >= 0.6 is 11.6 Å². The molecule has 0 aromatic heterocycles. The van der Waals surface area contributed by atoms with E-state index in [1.165, 1.54) is 0 Å². The van der Waals surface area contributed by atoms with Crippen molar-refractivity contribution in [1.29, 1.82) is 0 Å². The van der Waals surface area contributed by atoms with Gasteiger partial charge in [0.15, 0.2) is 0 Å². The lowest BCUT2D eigenvalue weighted by atomic mass is 10.2. The molecule has 0 bridgehead atoms. The lowest BCUT2D eigenvalue weighted by Crippen LogP contribution is -2.34. The molecule has 1 heterocycles. The molecule has 21 heavy (non-hydrogen) atoms. The van der Waals surface area contributed by atoms with Crippen molar-refractivity contribution >= 4 is 21.6 Å². The van der Waals surface area contributed by atoms with Crippen molar-refractivity contribution in [3.8, 4) is 0 Å². The Balaban J connectivity index is 2.22. The summed E-state index contributed by atoms with van der Waals surface area (Å²) in [5.41, 5.74) is 0.894. The van der Waals surface area contributed by atoms with Crippen LogP contribution in [-0.4, -0.2) is 57.9 Å². The van der Waals surface area contributed by atoms with E-state index in [-0.39, 0.29) is 10.9 Å². The highest BCUT2D eigenvalue weighted by atomic mass is 35.5. The summed E-state index contributed by atoms with van der Waals surface area (Å²) in [6, 6.07) is 5.23. The Morgan fingerprint density at radius 2 is 2.14 bits per heavy atom. The molecule has 0 aliphatic carbocycles. The highest BCUT2D eigenvalue weighted by molar-refractivity contribution is 7.89. The Kier molecular flexibility index (Phi) is 5.27. The predicted octanol–water partition coefficient (Wildman–Crippen LogP) is 1.38. The van der Waals surface area contributed by atoms with Crippen LogP contribution in [-0.2, 0) is 16.6 Å². The maximum absolute atomic E-state index is 12.7. The Labute approximate surface area is 131 Å². The van der Waals surface area contributed by atoms with Crippen molar-refractivity contribution in [1.82, 2.24) is 14.5 Å². The summed E-state index contributed by atoms with van der Waals surface area (Å²) < 4.78 is 26.9. The van der Waals surface area contributed by atoms with E-state index >= 15 is 0 Å². The Morgan fingerprint density at radius 3 is 2.67 bits per heavy atom. The molecular formula is C14H22ClN3O2S. The van der Waals surface area contributed by atoms with Gasteiger partial charge in [-0.05, 0) is 45.3 Å². The van der Waals surface area contributed by atoms with E-state index in [1.54, 1.807) is 22.5 Å².